The molecule has 3 rings (SSSR count). The molecule has 1 atom stereocenters. The Morgan fingerprint density at radius 1 is 1.29 bits per heavy atom. The summed E-state index contributed by atoms with van der Waals surface area (Å²) in [6.45, 7) is 0.169. The smallest absolute Gasteiger partial charge is 0.223 e. The van der Waals surface area contributed by atoms with E-state index in [4.69, 9.17) is 11.6 Å². The maximum Gasteiger partial charge on any atom is 0.223 e. The number of aliphatic hydroxyl groups excluding tert-OH is 1. The average molecular weight is 348 g/mol. The minimum absolute atomic E-state index is 0.0729. The summed E-state index contributed by atoms with van der Waals surface area (Å²) in [5.74, 6) is -0.151. The molecule has 0 radical (unpaired) electrons. The van der Waals surface area contributed by atoms with Crippen LogP contribution >= 0.6 is 11.6 Å². The maximum atomic E-state index is 13.1. The first kappa shape index (κ1) is 16.4. The molecule has 124 valence electrons. The zero-order valence-electron chi connectivity index (χ0n) is 12.6. The highest BCUT2D eigenvalue weighted by Gasteiger charge is 2.13. The van der Waals surface area contributed by atoms with Gasteiger partial charge in [0.2, 0.25) is 5.91 Å². The highest BCUT2D eigenvalue weighted by atomic mass is 35.5. The third kappa shape index (κ3) is 3.90. The van der Waals surface area contributed by atoms with Gasteiger partial charge in [-0.15, -0.1) is 0 Å². The van der Waals surface area contributed by atoms with Gasteiger partial charge in [0.25, 0.3) is 0 Å². The second-order valence-electron chi connectivity index (χ2n) is 5.39. The Hall–Kier alpha value is -2.44. The Balaban J connectivity index is 1.57. The lowest BCUT2D eigenvalue weighted by molar-refractivity contribution is -0.123. The second kappa shape index (κ2) is 6.98. The number of amides is 1. The first-order chi connectivity index (χ1) is 11.5. The summed E-state index contributed by atoms with van der Waals surface area (Å²) in [5, 5.41) is 13.3. The van der Waals surface area contributed by atoms with Crippen LogP contribution in [0.1, 0.15) is 23.9 Å². The molecule has 1 amide bonds. The van der Waals surface area contributed by atoms with E-state index in [1.807, 2.05) is 0 Å². The van der Waals surface area contributed by atoms with Crippen molar-refractivity contribution in [3.05, 3.63) is 64.7 Å². The van der Waals surface area contributed by atoms with Crippen molar-refractivity contribution in [1.82, 2.24) is 15.3 Å². The van der Waals surface area contributed by atoms with Crippen LogP contribution in [-0.2, 0) is 11.3 Å². The number of aromatic nitrogens is 2. The summed E-state index contributed by atoms with van der Waals surface area (Å²) in [5.41, 5.74) is 1.82. The van der Waals surface area contributed by atoms with Crippen LogP contribution in [0.25, 0.3) is 11.0 Å². The van der Waals surface area contributed by atoms with Gasteiger partial charge in [0.1, 0.15) is 11.6 Å². The third-order valence-corrected chi connectivity index (χ3v) is 3.83. The summed E-state index contributed by atoms with van der Waals surface area (Å²) in [6.07, 6.45) is -0.983. The molecule has 0 saturated heterocycles. The van der Waals surface area contributed by atoms with Gasteiger partial charge in [0.05, 0.1) is 30.1 Å². The van der Waals surface area contributed by atoms with Crippen molar-refractivity contribution in [3.63, 3.8) is 0 Å². The predicted octanol–water partition coefficient (Wildman–Crippen LogP) is 3.10. The molecular weight excluding hydrogens is 333 g/mol. The van der Waals surface area contributed by atoms with Gasteiger partial charge in [-0.05, 0) is 35.9 Å². The molecule has 0 spiro atoms. The number of rotatable bonds is 5. The first-order valence-electron chi connectivity index (χ1n) is 7.35. The fourth-order valence-electron chi connectivity index (χ4n) is 2.35. The van der Waals surface area contributed by atoms with Crippen LogP contribution in [-0.4, -0.2) is 21.0 Å². The van der Waals surface area contributed by atoms with E-state index < -0.39 is 6.10 Å². The monoisotopic (exact) mass is 347 g/mol. The van der Waals surface area contributed by atoms with Crippen LogP contribution < -0.4 is 5.32 Å². The summed E-state index contributed by atoms with van der Waals surface area (Å²) in [4.78, 5) is 19.1. The largest absolute Gasteiger partial charge is 0.388 e. The van der Waals surface area contributed by atoms with Gasteiger partial charge in [0.15, 0.2) is 0 Å². The Morgan fingerprint density at radius 2 is 2.04 bits per heavy atom. The highest BCUT2D eigenvalue weighted by Crippen LogP contribution is 2.19. The van der Waals surface area contributed by atoms with E-state index in [0.717, 1.165) is 0 Å². The molecule has 1 heterocycles. The number of aliphatic hydroxyl groups is 1. The zero-order chi connectivity index (χ0) is 17.1. The van der Waals surface area contributed by atoms with E-state index in [9.17, 15) is 14.3 Å². The van der Waals surface area contributed by atoms with E-state index in [2.05, 4.69) is 15.3 Å². The number of carbonyl (C=O) groups is 1. The van der Waals surface area contributed by atoms with Gasteiger partial charge in [-0.1, -0.05) is 23.7 Å². The van der Waals surface area contributed by atoms with Gasteiger partial charge in [-0.3, -0.25) is 4.79 Å². The fraction of sp³-hybridized carbons (Fsp3) is 0.176. The van der Waals surface area contributed by atoms with Crippen molar-refractivity contribution in [1.29, 1.82) is 0 Å². The molecule has 1 aromatic heterocycles. The fourth-order valence-corrected chi connectivity index (χ4v) is 2.48. The standard InChI is InChI=1S/C17H15ClFN3O2/c18-11-3-1-10(2-4-11)15(23)8-17(24)20-9-16-21-13-6-5-12(19)7-14(13)22-16/h1-7,15,23H,8-9H2,(H,20,24)(H,21,22). The van der Waals surface area contributed by atoms with Crippen LogP contribution in [0.15, 0.2) is 42.5 Å². The highest BCUT2D eigenvalue weighted by molar-refractivity contribution is 6.30. The van der Waals surface area contributed by atoms with Crippen LogP contribution in [0.2, 0.25) is 5.02 Å². The number of hydrogen-bond donors (Lipinski definition) is 3. The Kier molecular flexibility index (Phi) is 4.78. The average Bonchev–Trinajstić information content (AvgIpc) is 2.95. The van der Waals surface area contributed by atoms with Crippen LogP contribution in [0, 0.1) is 5.82 Å². The normalized spacial score (nSPS) is 12.3. The molecule has 0 fully saturated rings. The molecule has 3 N–H and O–H groups in total. The number of fused-ring (bicyclic) bond motifs is 1. The molecule has 3 aromatic rings. The molecule has 2 aromatic carbocycles. The van der Waals surface area contributed by atoms with E-state index in [0.29, 0.717) is 27.4 Å². The predicted molar refractivity (Wildman–Crippen MR) is 88.9 cm³/mol. The number of imidazole rings is 1. The topological polar surface area (TPSA) is 78.0 Å². The minimum atomic E-state index is -0.910. The molecular formula is C17H15ClFN3O2. The number of carbonyl (C=O) groups excluding carboxylic acids is 1. The van der Waals surface area contributed by atoms with Crippen molar-refractivity contribution in [2.45, 2.75) is 19.1 Å². The summed E-state index contributed by atoms with van der Waals surface area (Å²) >= 11 is 5.79. The quantitative estimate of drug-likeness (QED) is 0.663. The SMILES string of the molecule is O=C(CC(O)c1ccc(Cl)cc1)NCc1nc2ccc(F)cc2[nH]1. The Bertz CT molecular complexity index is 864. The van der Waals surface area contributed by atoms with Crippen LogP contribution in [0.5, 0.6) is 0 Å². The Labute approximate surface area is 142 Å². The van der Waals surface area contributed by atoms with Crippen molar-refractivity contribution < 1.29 is 14.3 Å². The number of nitrogens with zero attached hydrogens (tertiary/aromatic N) is 1. The summed E-state index contributed by atoms with van der Waals surface area (Å²) in [7, 11) is 0. The van der Waals surface area contributed by atoms with E-state index in [1.165, 1.54) is 12.1 Å². The van der Waals surface area contributed by atoms with E-state index >= 15 is 0 Å². The molecule has 5 nitrogen and oxygen atoms in total. The Morgan fingerprint density at radius 3 is 2.79 bits per heavy atom. The number of hydrogen-bond acceptors (Lipinski definition) is 3. The van der Waals surface area contributed by atoms with E-state index in [-0.39, 0.29) is 24.7 Å². The molecule has 0 aliphatic carbocycles. The zero-order valence-corrected chi connectivity index (χ0v) is 13.3. The summed E-state index contributed by atoms with van der Waals surface area (Å²) in [6, 6.07) is 10.9. The number of halogens is 2. The number of H-pyrrole nitrogens is 1. The van der Waals surface area contributed by atoms with Gasteiger partial charge in [-0.2, -0.15) is 0 Å². The van der Waals surface area contributed by atoms with Crippen molar-refractivity contribution in [2.75, 3.05) is 0 Å². The maximum absolute atomic E-state index is 13.1. The molecule has 0 bridgehead atoms. The van der Waals surface area contributed by atoms with Gasteiger partial charge in [0, 0.05) is 5.02 Å². The van der Waals surface area contributed by atoms with Crippen LogP contribution in [0.3, 0.4) is 0 Å². The number of benzene rings is 2. The molecule has 7 heteroatoms. The van der Waals surface area contributed by atoms with Crippen molar-refractivity contribution in [2.24, 2.45) is 0 Å². The van der Waals surface area contributed by atoms with Gasteiger partial charge < -0.3 is 15.4 Å². The van der Waals surface area contributed by atoms with Crippen LogP contribution in [0.4, 0.5) is 4.39 Å². The minimum Gasteiger partial charge on any atom is -0.388 e. The van der Waals surface area contributed by atoms with Gasteiger partial charge in [-0.25, -0.2) is 9.37 Å². The number of aromatic amines is 1. The lowest BCUT2D eigenvalue weighted by Crippen LogP contribution is -2.25. The second-order valence-corrected chi connectivity index (χ2v) is 5.83. The number of nitrogens with one attached hydrogen (secondary N) is 2. The first-order valence-corrected chi connectivity index (χ1v) is 7.73. The van der Waals surface area contributed by atoms with Crippen molar-refractivity contribution in [3.8, 4) is 0 Å². The lowest BCUT2D eigenvalue weighted by Gasteiger charge is -2.11. The van der Waals surface area contributed by atoms with E-state index in [1.54, 1.807) is 30.3 Å². The molecule has 1 unspecified atom stereocenters. The molecule has 0 aliphatic rings. The van der Waals surface area contributed by atoms with Crippen molar-refractivity contribution >= 4 is 28.5 Å². The lowest BCUT2D eigenvalue weighted by atomic mass is 10.1. The molecule has 24 heavy (non-hydrogen) atoms. The molecule has 0 saturated carbocycles. The third-order valence-electron chi connectivity index (χ3n) is 3.58. The molecule has 0 aliphatic heterocycles. The summed E-state index contributed by atoms with van der Waals surface area (Å²) < 4.78 is 13.1. The van der Waals surface area contributed by atoms with Gasteiger partial charge >= 0.3 is 0 Å².